The first kappa shape index (κ1) is 12.5. The molecule has 0 N–H and O–H groups in total. The zero-order chi connectivity index (χ0) is 12.8. The second-order valence-electron chi connectivity index (χ2n) is 5.39. The third kappa shape index (κ3) is 1.98. The van der Waals surface area contributed by atoms with E-state index in [1.54, 1.807) is 6.92 Å². The summed E-state index contributed by atoms with van der Waals surface area (Å²) in [6.45, 7) is 9.52. The Bertz CT molecular complexity index is 432. The summed E-state index contributed by atoms with van der Waals surface area (Å²) >= 11 is 0. The maximum absolute atomic E-state index is 13.5. The molecule has 3 nitrogen and oxygen atoms in total. The van der Waals surface area contributed by atoms with Crippen molar-refractivity contribution in [3.8, 4) is 0 Å². The molecule has 1 fully saturated rings. The van der Waals surface area contributed by atoms with E-state index in [1.807, 2.05) is 27.7 Å². The number of hydrogen-bond acceptors (Lipinski definition) is 3. The smallest absolute Gasteiger partial charge is 0.398 e. The SMILES string of the molecule is Cc1c(F)ccnc1B1OC(C)(C)C(C)(C)O1. The van der Waals surface area contributed by atoms with Crippen molar-refractivity contribution in [1.82, 2.24) is 4.98 Å². The Kier molecular flexibility index (Phi) is 2.79. The minimum atomic E-state index is -0.601. The van der Waals surface area contributed by atoms with Crippen LogP contribution in [0, 0.1) is 12.7 Å². The molecule has 17 heavy (non-hydrogen) atoms. The molecule has 2 heterocycles. The van der Waals surface area contributed by atoms with Crippen LogP contribution >= 0.6 is 0 Å². The van der Waals surface area contributed by atoms with Crippen LogP contribution in [-0.2, 0) is 9.31 Å². The van der Waals surface area contributed by atoms with E-state index >= 15 is 0 Å². The standard InChI is InChI=1S/C12H17BFNO2/c1-8-9(14)6-7-15-10(8)13-16-11(2,3)12(4,5)17-13/h6-7H,1-5H3. The quantitative estimate of drug-likeness (QED) is 0.698. The molecule has 0 atom stereocenters. The molecule has 0 aliphatic carbocycles. The summed E-state index contributed by atoms with van der Waals surface area (Å²) in [6.07, 6.45) is 1.43. The highest BCUT2D eigenvalue weighted by Crippen LogP contribution is 2.36. The molecular formula is C12H17BFNO2. The minimum Gasteiger partial charge on any atom is -0.398 e. The molecule has 0 radical (unpaired) electrons. The molecule has 1 aliphatic heterocycles. The first-order chi connectivity index (χ1) is 7.74. The molecule has 1 aromatic rings. The summed E-state index contributed by atoms with van der Waals surface area (Å²) in [7, 11) is -0.601. The Morgan fingerprint density at radius 1 is 1.18 bits per heavy atom. The molecule has 1 saturated heterocycles. The molecule has 1 aliphatic rings. The van der Waals surface area contributed by atoms with Crippen LogP contribution < -0.4 is 5.59 Å². The third-order valence-electron chi connectivity index (χ3n) is 3.65. The molecule has 2 rings (SSSR count). The predicted octanol–water partition coefficient (Wildman–Crippen LogP) is 1.83. The van der Waals surface area contributed by atoms with Crippen LogP contribution in [0.4, 0.5) is 4.39 Å². The number of rotatable bonds is 1. The average Bonchev–Trinajstić information content (AvgIpc) is 2.40. The van der Waals surface area contributed by atoms with E-state index < -0.39 is 18.3 Å². The molecular weight excluding hydrogens is 220 g/mol. The fraction of sp³-hybridized carbons (Fsp3) is 0.583. The number of nitrogens with zero attached hydrogens (tertiary/aromatic N) is 1. The second-order valence-corrected chi connectivity index (χ2v) is 5.39. The van der Waals surface area contributed by atoms with Crippen molar-refractivity contribution in [2.45, 2.75) is 45.8 Å². The van der Waals surface area contributed by atoms with Gasteiger partial charge in [0.2, 0.25) is 0 Å². The van der Waals surface area contributed by atoms with Gasteiger partial charge < -0.3 is 9.31 Å². The van der Waals surface area contributed by atoms with Gasteiger partial charge in [-0.1, -0.05) is 0 Å². The molecule has 0 bridgehead atoms. The van der Waals surface area contributed by atoms with Crippen molar-refractivity contribution in [1.29, 1.82) is 0 Å². The van der Waals surface area contributed by atoms with Crippen molar-refractivity contribution in [2.24, 2.45) is 0 Å². The van der Waals surface area contributed by atoms with Crippen LogP contribution in [0.15, 0.2) is 12.3 Å². The van der Waals surface area contributed by atoms with Crippen molar-refractivity contribution in [3.05, 3.63) is 23.6 Å². The molecule has 92 valence electrons. The first-order valence-corrected chi connectivity index (χ1v) is 5.71. The Hall–Kier alpha value is -0.935. The summed E-state index contributed by atoms with van der Waals surface area (Å²) in [5.74, 6) is -0.287. The highest BCUT2D eigenvalue weighted by molar-refractivity contribution is 6.61. The van der Waals surface area contributed by atoms with Gasteiger partial charge in [-0.25, -0.2) is 4.39 Å². The summed E-state index contributed by atoms with van der Waals surface area (Å²) in [5, 5.41) is 0. The molecule has 0 spiro atoms. The van der Waals surface area contributed by atoms with E-state index in [9.17, 15) is 4.39 Å². The normalized spacial score (nSPS) is 21.9. The molecule has 0 aromatic carbocycles. The van der Waals surface area contributed by atoms with Crippen LogP contribution in [-0.4, -0.2) is 23.3 Å². The Labute approximate surface area is 101 Å². The van der Waals surface area contributed by atoms with Crippen molar-refractivity contribution >= 4 is 12.7 Å². The number of hydrogen-bond donors (Lipinski definition) is 0. The van der Waals surface area contributed by atoms with Crippen molar-refractivity contribution < 1.29 is 13.7 Å². The van der Waals surface area contributed by atoms with Crippen LogP contribution in [0.3, 0.4) is 0 Å². The van der Waals surface area contributed by atoms with Gasteiger partial charge in [0.05, 0.1) is 16.8 Å². The molecule has 0 unspecified atom stereocenters. The lowest BCUT2D eigenvalue weighted by Crippen LogP contribution is -2.41. The summed E-state index contributed by atoms with van der Waals surface area (Å²) in [5.41, 5.74) is 0.130. The van der Waals surface area contributed by atoms with E-state index in [2.05, 4.69) is 4.98 Å². The zero-order valence-corrected chi connectivity index (χ0v) is 10.9. The van der Waals surface area contributed by atoms with Gasteiger partial charge in [0.1, 0.15) is 5.82 Å². The van der Waals surface area contributed by atoms with Gasteiger partial charge in [0, 0.05) is 11.8 Å². The van der Waals surface area contributed by atoms with Gasteiger partial charge in [-0.15, -0.1) is 0 Å². The van der Waals surface area contributed by atoms with E-state index in [-0.39, 0.29) is 5.82 Å². The van der Waals surface area contributed by atoms with Crippen molar-refractivity contribution in [3.63, 3.8) is 0 Å². The topological polar surface area (TPSA) is 31.4 Å². The fourth-order valence-corrected chi connectivity index (χ4v) is 1.72. The first-order valence-electron chi connectivity index (χ1n) is 5.71. The van der Waals surface area contributed by atoms with Gasteiger partial charge in [-0.05, 0) is 40.7 Å². The average molecular weight is 237 g/mol. The Morgan fingerprint density at radius 2 is 1.71 bits per heavy atom. The summed E-state index contributed by atoms with van der Waals surface area (Å²) < 4.78 is 25.1. The van der Waals surface area contributed by atoms with E-state index in [1.165, 1.54) is 12.3 Å². The number of halogens is 1. The van der Waals surface area contributed by atoms with E-state index in [4.69, 9.17) is 9.31 Å². The lowest BCUT2D eigenvalue weighted by molar-refractivity contribution is 0.00578. The van der Waals surface area contributed by atoms with Gasteiger partial charge in [-0.2, -0.15) is 0 Å². The minimum absolute atomic E-state index is 0.287. The maximum atomic E-state index is 13.5. The lowest BCUT2D eigenvalue weighted by Gasteiger charge is -2.32. The lowest BCUT2D eigenvalue weighted by atomic mass is 9.81. The highest BCUT2D eigenvalue weighted by atomic mass is 19.1. The monoisotopic (exact) mass is 237 g/mol. The number of pyridine rings is 1. The van der Waals surface area contributed by atoms with Crippen LogP contribution in [0.1, 0.15) is 33.3 Å². The fourth-order valence-electron chi connectivity index (χ4n) is 1.72. The van der Waals surface area contributed by atoms with Gasteiger partial charge in [0.25, 0.3) is 0 Å². The third-order valence-corrected chi connectivity index (χ3v) is 3.65. The number of aromatic nitrogens is 1. The largest absolute Gasteiger partial charge is 0.514 e. The Balaban J connectivity index is 2.36. The van der Waals surface area contributed by atoms with Gasteiger partial charge in [-0.3, -0.25) is 4.98 Å². The van der Waals surface area contributed by atoms with Crippen LogP contribution in [0.5, 0.6) is 0 Å². The zero-order valence-electron chi connectivity index (χ0n) is 10.9. The van der Waals surface area contributed by atoms with E-state index in [0.29, 0.717) is 11.2 Å². The summed E-state index contributed by atoms with van der Waals surface area (Å²) in [6, 6.07) is 1.34. The highest BCUT2D eigenvalue weighted by Gasteiger charge is 2.52. The predicted molar refractivity (Wildman–Crippen MR) is 64.6 cm³/mol. The maximum Gasteiger partial charge on any atom is 0.514 e. The van der Waals surface area contributed by atoms with Crippen molar-refractivity contribution in [2.75, 3.05) is 0 Å². The molecule has 1 aromatic heterocycles. The van der Waals surface area contributed by atoms with E-state index in [0.717, 1.165) is 0 Å². The Morgan fingerprint density at radius 3 is 2.24 bits per heavy atom. The second kappa shape index (κ2) is 3.78. The molecule has 5 heteroatoms. The van der Waals surface area contributed by atoms with Gasteiger partial charge >= 0.3 is 7.12 Å². The van der Waals surface area contributed by atoms with Crippen LogP contribution in [0.2, 0.25) is 0 Å². The summed E-state index contributed by atoms with van der Waals surface area (Å²) in [4.78, 5) is 4.16. The van der Waals surface area contributed by atoms with Crippen LogP contribution in [0.25, 0.3) is 0 Å². The van der Waals surface area contributed by atoms with Gasteiger partial charge in [0.15, 0.2) is 0 Å². The molecule has 0 saturated carbocycles. The molecule has 0 amide bonds.